The minimum Gasteiger partial charge on any atom is -0.356 e. The molecule has 1 unspecified atom stereocenters. The molecule has 2 fully saturated rings. The number of nitrogens with one attached hydrogen (secondary N) is 2. The fourth-order valence-corrected chi connectivity index (χ4v) is 3.30. The van der Waals surface area contributed by atoms with Crippen molar-refractivity contribution in [3.63, 3.8) is 0 Å². The molecule has 1 aliphatic heterocycles. The lowest BCUT2D eigenvalue weighted by Crippen LogP contribution is -2.25. The van der Waals surface area contributed by atoms with Crippen LogP contribution in [0.15, 0.2) is 0 Å². The van der Waals surface area contributed by atoms with Gasteiger partial charge in [-0.2, -0.15) is 0 Å². The van der Waals surface area contributed by atoms with E-state index in [0.29, 0.717) is 0 Å². The predicted molar refractivity (Wildman–Crippen MR) is 74.4 cm³/mol. The van der Waals surface area contributed by atoms with Crippen molar-refractivity contribution in [2.45, 2.75) is 57.8 Å². The average molecular weight is 252 g/mol. The molecule has 1 aliphatic carbocycles. The average Bonchev–Trinajstić information content (AvgIpc) is 3.04. The van der Waals surface area contributed by atoms with E-state index in [0.717, 1.165) is 44.3 Å². The highest BCUT2D eigenvalue weighted by Crippen LogP contribution is 2.28. The van der Waals surface area contributed by atoms with Gasteiger partial charge in [-0.3, -0.25) is 4.79 Å². The van der Waals surface area contributed by atoms with E-state index in [1.54, 1.807) is 0 Å². The van der Waals surface area contributed by atoms with Crippen LogP contribution in [0.3, 0.4) is 0 Å². The summed E-state index contributed by atoms with van der Waals surface area (Å²) in [5.74, 6) is 1.94. The maximum Gasteiger partial charge on any atom is 0.220 e. The Labute approximate surface area is 111 Å². The molecule has 0 spiro atoms. The van der Waals surface area contributed by atoms with Crippen LogP contribution in [-0.2, 0) is 4.79 Å². The molecule has 3 heteroatoms. The lowest BCUT2D eigenvalue weighted by molar-refractivity contribution is -0.121. The highest BCUT2D eigenvalue weighted by Gasteiger charge is 2.16. The molecule has 104 valence electrons. The van der Waals surface area contributed by atoms with Crippen molar-refractivity contribution in [2.24, 2.45) is 11.8 Å². The number of hydrogen-bond acceptors (Lipinski definition) is 2. The first-order valence-electron chi connectivity index (χ1n) is 7.82. The molecule has 3 nitrogen and oxygen atoms in total. The van der Waals surface area contributed by atoms with Crippen molar-refractivity contribution in [3.8, 4) is 0 Å². The van der Waals surface area contributed by atoms with Gasteiger partial charge in [0.05, 0.1) is 0 Å². The zero-order valence-electron chi connectivity index (χ0n) is 11.5. The summed E-state index contributed by atoms with van der Waals surface area (Å²) in [7, 11) is 0. The van der Waals surface area contributed by atoms with Crippen LogP contribution in [-0.4, -0.2) is 25.5 Å². The molecular formula is C15H28N2O. The van der Waals surface area contributed by atoms with E-state index < -0.39 is 0 Å². The number of hydrogen-bond donors (Lipinski definition) is 2. The van der Waals surface area contributed by atoms with Crippen molar-refractivity contribution in [1.29, 1.82) is 0 Å². The summed E-state index contributed by atoms with van der Waals surface area (Å²) in [6.45, 7) is 3.13. The molecule has 0 aromatic rings. The van der Waals surface area contributed by atoms with Crippen molar-refractivity contribution in [3.05, 3.63) is 0 Å². The molecule has 0 aromatic heterocycles. The third kappa shape index (κ3) is 4.97. The Morgan fingerprint density at radius 3 is 2.67 bits per heavy atom. The molecule has 0 bridgehead atoms. The Bertz CT molecular complexity index is 243. The standard InChI is InChI=1S/C15H28N2O/c18-15(8-7-14-9-11-16-12-14)17-10-3-6-13-4-1-2-5-13/h13-14,16H,1-12H2,(H,17,18). The van der Waals surface area contributed by atoms with E-state index >= 15 is 0 Å². The van der Waals surface area contributed by atoms with Crippen molar-refractivity contribution < 1.29 is 4.79 Å². The lowest BCUT2D eigenvalue weighted by atomic mass is 10.0. The summed E-state index contributed by atoms with van der Waals surface area (Å²) in [5, 5.41) is 6.42. The normalized spacial score (nSPS) is 24.6. The first-order chi connectivity index (χ1) is 8.84. The van der Waals surface area contributed by atoms with Gasteiger partial charge < -0.3 is 10.6 Å². The van der Waals surface area contributed by atoms with Gasteiger partial charge >= 0.3 is 0 Å². The van der Waals surface area contributed by atoms with E-state index in [4.69, 9.17) is 0 Å². The zero-order chi connectivity index (χ0) is 12.6. The summed E-state index contributed by atoms with van der Waals surface area (Å²) >= 11 is 0. The number of carbonyl (C=O) groups excluding carboxylic acids is 1. The van der Waals surface area contributed by atoms with E-state index in [-0.39, 0.29) is 5.91 Å². The maximum absolute atomic E-state index is 11.7. The minimum atomic E-state index is 0.258. The van der Waals surface area contributed by atoms with Crippen LogP contribution in [0, 0.1) is 11.8 Å². The van der Waals surface area contributed by atoms with Crippen molar-refractivity contribution >= 4 is 5.91 Å². The summed E-state index contributed by atoms with van der Waals surface area (Å²) in [6, 6.07) is 0. The second kappa shape index (κ2) is 7.78. The second-order valence-electron chi connectivity index (χ2n) is 6.04. The van der Waals surface area contributed by atoms with Crippen LogP contribution >= 0.6 is 0 Å². The molecule has 1 saturated carbocycles. The van der Waals surface area contributed by atoms with Gasteiger partial charge in [-0.25, -0.2) is 0 Å². The van der Waals surface area contributed by atoms with Crippen LogP contribution in [0.2, 0.25) is 0 Å². The van der Waals surface area contributed by atoms with Crippen LogP contribution in [0.1, 0.15) is 57.8 Å². The monoisotopic (exact) mass is 252 g/mol. The second-order valence-corrected chi connectivity index (χ2v) is 6.04. The van der Waals surface area contributed by atoms with Crippen molar-refractivity contribution in [2.75, 3.05) is 19.6 Å². The summed E-state index contributed by atoms with van der Waals surface area (Å²) in [5.41, 5.74) is 0. The summed E-state index contributed by atoms with van der Waals surface area (Å²) in [6.07, 6.45) is 11.2. The molecule has 1 saturated heterocycles. The summed E-state index contributed by atoms with van der Waals surface area (Å²) in [4.78, 5) is 11.7. The Hall–Kier alpha value is -0.570. The van der Waals surface area contributed by atoms with Crippen LogP contribution in [0.5, 0.6) is 0 Å². The smallest absolute Gasteiger partial charge is 0.220 e. The topological polar surface area (TPSA) is 41.1 Å². The van der Waals surface area contributed by atoms with E-state index in [2.05, 4.69) is 10.6 Å². The SMILES string of the molecule is O=C(CCC1CCNC1)NCCCC1CCCC1. The van der Waals surface area contributed by atoms with Gasteiger partial charge in [0.1, 0.15) is 0 Å². The highest BCUT2D eigenvalue weighted by molar-refractivity contribution is 5.75. The Morgan fingerprint density at radius 1 is 1.11 bits per heavy atom. The van der Waals surface area contributed by atoms with E-state index in [1.807, 2.05) is 0 Å². The predicted octanol–water partition coefficient (Wildman–Crippen LogP) is 2.46. The molecular weight excluding hydrogens is 224 g/mol. The molecule has 2 rings (SSSR count). The Kier molecular flexibility index (Phi) is 5.98. The van der Waals surface area contributed by atoms with E-state index in [9.17, 15) is 4.79 Å². The van der Waals surface area contributed by atoms with Gasteiger partial charge in [-0.1, -0.05) is 25.7 Å². The molecule has 0 radical (unpaired) electrons. The molecule has 1 amide bonds. The van der Waals surface area contributed by atoms with Gasteiger partial charge in [-0.15, -0.1) is 0 Å². The third-order valence-corrected chi connectivity index (χ3v) is 4.53. The van der Waals surface area contributed by atoms with Gasteiger partial charge in [0, 0.05) is 13.0 Å². The third-order valence-electron chi connectivity index (χ3n) is 4.53. The quantitative estimate of drug-likeness (QED) is 0.683. The molecule has 2 N–H and O–H groups in total. The number of amides is 1. The minimum absolute atomic E-state index is 0.258. The summed E-state index contributed by atoms with van der Waals surface area (Å²) < 4.78 is 0. The van der Waals surface area contributed by atoms with Gasteiger partial charge in [-0.05, 0) is 50.6 Å². The first-order valence-corrected chi connectivity index (χ1v) is 7.82. The lowest BCUT2D eigenvalue weighted by Gasteiger charge is -2.10. The fraction of sp³-hybridized carbons (Fsp3) is 0.933. The van der Waals surface area contributed by atoms with Crippen molar-refractivity contribution in [1.82, 2.24) is 10.6 Å². The Morgan fingerprint density at radius 2 is 1.94 bits per heavy atom. The molecule has 0 aromatic carbocycles. The van der Waals surface area contributed by atoms with Crippen LogP contribution < -0.4 is 10.6 Å². The first kappa shape index (κ1) is 13.9. The molecule has 2 aliphatic rings. The molecule has 1 heterocycles. The zero-order valence-corrected chi connectivity index (χ0v) is 11.5. The fourth-order valence-electron chi connectivity index (χ4n) is 3.30. The van der Waals surface area contributed by atoms with Gasteiger partial charge in [0.25, 0.3) is 0 Å². The number of carbonyl (C=O) groups is 1. The maximum atomic E-state index is 11.7. The largest absolute Gasteiger partial charge is 0.356 e. The molecule has 18 heavy (non-hydrogen) atoms. The van der Waals surface area contributed by atoms with Gasteiger partial charge in [0.2, 0.25) is 5.91 Å². The van der Waals surface area contributed by atoms with Gasteiger partial charge in [0.15, 0.2) is 0 Å². The van der Waals surface area contributed by atoms with E-state index in [1.165, 1.54) is 44.9 Å². The van der Waals surface area contributed by atoms with Crippen LogP contribution in [0.4, 0.5) is 0 Å². The highest BCUT2D eigenvalue weighted by atomic mass is 16.1. The molecule has 1 atom stereocenters. The Balaban J connectivity index is 1.44. The number of rotatable bonds is 7. The van der Waals surface area contributed by atoms with Crippen LogP contribution in [0.25, 0.3) is 0 Å².